The first-order chi connectivity index (χ1) is 13.2. The number of carbonyl (C=O) groups is 1. The molecule has 1 aliphatic heterocycles. The molecule has 5 heteroatoms. The van der Waals surface area contributed by atoms with Crippen LogP contribution >= 0.6 is 0 Å². The summed E-state index contributed by atoms with van der Waals surface area (Å²) in [6.07, 6.45) is 7.68. The highest BCUT2D eigenvalue weighted by atomic mass is 16.4. The number of piperidine rings is 1. The maximum absolute atomic E-state index is 12.5. The van der Waals surface area contributed by atoms with Crippen LogP contribution in [0.2, 0.25) is 0 Å². The molecule has 0 radical (unpaired) electrons. The summed E-state index contributed by atoms with van der Waals surface area (Å²) in [6, 6.07) is 8.77. The van der Waals surface area contributed by atoms with Crippen LogP contribution in [0.25, 0.3) is 11.3 Å². The molecule has 27 heavy (non-hydrogen) atoms. The zero-order valence-electron chi connectivity index (χ0n) is 16.1. The molecule has 0 bridgehead atoms. The van der Waals surface area contributed by atoms with Gasteiger partial charge in [-0.15, -0.1) is 0 Å². The van der Waals surface area contributed by atoms with Crippen molar-refractivity contribution >= 4 is 5.91 Å². The summed E-state index contributed by atoms with van der Waals surface area (Å²) in [7, 11) is 0. The molecular formula is C22H29N3O2. The zero-order valence-corrected chi connectivity index (χ0v) is 16.1. The van der Waals surface area contributed by atoms with Crippen LogP contribution in [-0.2, 0) is 11.2 Å². The van der Waals surface area contributed by atoms with Crippen LogP contribution in [0.4, 0.5) is 0 Å². The van der Waals surface area contributed by atoms with E-state index in [1.165, 1.54) is 18.4 Å². The predicted molar refractivity (Wildman–Crippen MR) is 105 cm³/mol. The van der Waals surface area contributed by atoms with E-state index in [0.29, 0.717) is 24.8 Å². The Morgan fingerprint density at radius 1 is 1.19 bits per heavy atom. The summed E-state index contributed by atoms with van der Waals surface area (Å²) < 4.78 is 5.83. The largest absolute Gasteiger partial charge is 0.441 e. The van der Waals surface area contributed by atoms with Gasteiger partial charge in [-0.05, 0) is 45.1 Å². The molecule has 1 saturated heterocycles. The van der Waals surface area contributed by atoms with Gasteiger partial charge in [-0.1, -0.05) is 29.8 Å². The molecule has 1 aliphatic carbocycles. The maximum atomic E-state index is 12.5. The summed E-state index contributed by atoms with van der Waals surface area (Å²) in [4.78, 5) is 18.8. The Hall–Kier alpha value is -2.14. The molecule has 1 amide bonds. The number of nitrogens with zero attached hydrogens (tertiary/aromatic N) is 2. The third kappa shape index (κ3) is 4.98. The van der Waals surface area contributed by atoms with Gasteiger partial charge in [0.15, 0.2) is 11.7 Å². The van der Waals surface area contributed by atoms with Crippen LogP contribution in [0.3, 0.4) is 0 Å². The molecule has 2 aromatic rings. The highest BCUT2D eigenvalue weighted by Gasteiger charge is 2.26. The normalized spacial score (nSPS) is 18.0. The Bertz CT molecular complexity index is 756. The van der Waals surface area contributed by atoms with E-state index in [1.807, 2.05) is 17.0 Å². The second kappa shape index (κ2) is 8.26. The van der Waals surface area contributed by atoms with Crippen LogP contribution in [0, 0.1) is 12.8 Å². The number of carbonyl (C=O) groups excluding carboxylic acids is 1. The van der Waals surface area contributed by atoms with Crippen molar-refractivity contribution in [3.05, 3.63) is 41.9 Å². The van der Waals surface area contributed by atoms with Gasteiger partial charge in [0, 0.05) is 37.5 Å². The van der Waals surface area contributed by atoms with Crippen molar-refractivity contribution in [1.29, 1.82) is 0 Å². The molecule has 0 unspecified atom stereocenters. The van der Waals surface area contributed by atoms with E-state index in [4.69, 9.17) is 4.42 Å². The van der Waals surface area contributed by atoms with E-state index >= 15 is 0 Å². The van der Waals surface area contributed by atoms with Gasteiger partial charge in [0.25, 0.3) is 0 Å². The standard InChI is InChI=1S/C22H29N3O2/c1-16-2-6-18(7-3-16)20-15-24-21(27-20)8-9-22(26)25-12-10-19(11-13-25)23-14-17-4-5-17/h2-3,6-7,15,17,19,23H,4-5,8-14H2,1H3. The van der Waals surface area contributed by atoms with Crippen molar-refractivity contribution in [1.82, 2.24) is 15.2 Å². The second-order valence-electron chi connectivity index (χ2n) is 7.99. The summed E-state index contributed by atoms with van der Waals surface area (Å²) in [6.45, 7) is 4.95. The van der Waals surface area contributed by atoms with Gasteiger partial charge in [0.1, 0.15) is 0 Å². The number of aromatic nitrogens is 1. The van der Waals surface area contributed by atoms with Gasteiger partial charge < -0.3 is 14.6 Å². The molecule has 4 rings (SSSR count). The lowest BCUT2D eigenvalue weighted by Gasteiger charge is -2.32. The third-order valence-electron chi connectivity index (χ3n) is 5.68. The molecule has 1 N–H and O–H groups in total. The lowest BCUT2D eigenvalue weighted by molar-refractivity contribution is -0.132. The van der Waals surface area contributed by atoms with Crippen molar-refractivity contribution in [2.45, 2.75) is 51.5 Å². The highest BCUT2D eigenvalue weighted by molar-refractivity contribution is 5.76. The summed E-state index contributed by atoms with van der Waals surface area (Å²) in [5.74, 6) is 2.53. The van der Waals surface area contributed by atoms with Crippen molar-refractivity contribution in [3.8, 4) is 11.3 Å². The lowest BCUT2D eigenvalue weighted by atomic mass is 10.0. The van der Waals surface area contributed by atoms with Gasteiger partial charge in [-0.3, -0.25) is 4.79 Å². The van der Waals surface area contributed by atoms with Crippen LogP contribution in [0.15, 0.2) is 34.9 Å². The first-order valence-corrected chi connectivity index (χ1v) is 10.2. The van der Waals surface area contributed by atoms with Gasteiger partial charge in [0.2, 0.25) is 5.91 Å². The quantitative estimate of drug-likeness (QED) is 0.813. The molecule has 144 valence electrons. The summed E-state index contributed by atoms with van der Waals surface area (Å²) >= 11 is 0. The van der Waals surface area contributed by atoms with Gasteiger partial charge in [-0.2, -0.15) is 0 Å². The Balaban J connectivity index is 1.22. The first kappa shape index (κ1) is 18.2. The minimum atomic E-state index is 0.214. The number of amides is 1. The second-order valence-corrected chi connectivity index (χ2v) is 7.99. The molecule has 1 aromatic carbocycles. The molecule has 2 heterocycles. The molecule has 5 nitrogen and oxygen atoms in total. The van der Waals surface area contributed by atoms with E-state index in [-0.39, 0.29) is 5.91 Å². The molecular weight excluding hydrogens is 338 g/mol. The van der Waals surface area contributed by atoms with E-state index in [9.17, 15) is 4.79 Å². The average Bonchev–Trinajstić information content (AvgIpc) is 3.41. The number of rotatable bonds is 7. The number of hydrogen-bond donors (Lipinski definition) is 1. The minimum Gasteiger partial charge on any atom is -0.441 e. The van der Waals surface area contributed by atoms with Crippen molar-refractivity contribution in [2.24, 2.45) is 5.92 Å². The third-order valence-corrected chi connectivity index (χ3v) is 5.68. The lowest BCUT2D eigenvalue weighted by Crippen LogP contribution is -2.45. The first-order valence-electron chi connectivity index (χ1n) is 10.2. The van der Waals surface area contributed by atoms with Gasteiger partial charge in [-0.25, -0.2) is 4.98 Å². The Morgan fingerprint density at radius 2 is 1.93 bits per heavy atom. The number of aryl methyl sites for hydroxylation is 2. The number of benzene rings is 1. The van der Waals surface area contributed by atoms with Crippen LogP contribution in [0.5, 0.6) is 0 Å². The molecule has 0 spiro atoms. The van der Waals surface area contributed by atoms with Gasteiger partial charge >= 0.3 is 0 Å². The predicted octanol–water partition coefficient (Wildman–Crippen LogP) is 3.57. The van der Waals surface area contributed by atoms with Crippen LogP contribution in [-0.4, -0.2) is 41.5 Å². The van der Waals surface area contributed by atoms with Crippen molar-refractivity contribution in [3.63, 3.8) is 0 Å². The average molecular weight is 367 g/mol. The molecule has 0 atom stereocenters. The smallest absolute Gasteiger partial charge is 0.223 e. The summed E-state index contributed by atoms with van der Waals surface area (Å²) in [5, 5.41) is 3.66. The van der Waals surface area contributed by atoms with Crippen molar-refractivity contribution < 1.29 is 9.21 Å². The zero-order chi connectivity index (χ0) is 18.6. The minimum absolute atomic E-state index is 0.214. The Labute approximate surface area is 161 Å². The summed E-state index contributed by atoms with van der Waals surface area (Å²) in [5.41, 5.74) is 2.24. The maximum Gasteiger partial charge on any atom is 0.223 e. The molecule has 1 saturated carbocycles. The van der Waals surface area contributed by atoms with E-state index in [0.717, 1.165) is 49.7 Å². The fourth-order valence-corrected chi connectivity index (χ4v) is 3.64. The Morgan fingerprint density at radius 3 is 2.63 bits per heavy atom. The number of hydrogen-bond acceptors (Lipinski definition) is 4. The van der Waals surface area contributed by atoms with Crippen molar-refractivity contribution in [2.75, 3.05) is 19.6 Å². The van der Waals surface area contributed by atoms with Gasteiger partial charge in [0.05, 0.1) is 6.20 Å². The fourth-order valence-electron chi connectivity index (χ4n) is 3.64. The van der Waals surface area contributed by atoms with E-state index in [1.54, 1.807) is 6.20 Å². The topological polar surface area (TPSA) is 58.4 Å². The number of likely N-dealkylation sites (tertiary alicyclic amines) is 1. The van der Waals surface area contributed by atoms with Crippen LogP contribution in [0.1, 0.15) is 43.6 Å². The number of nitrogens with one attached hydrogen (secondary N) is 1. The number of oxazole rings is 1. The molecule has 2 aliphatic rings. The Kier molecular flexibility index (Phi) is 5.58. The van der Waals surface area contributed by atoms with Crippen LogP contribution < -0.4 is 5.32 Å². The SMILES string of the molecule is Cc1ccc(-c2cnc(CCC(=O)N3CCC(NCC4CC4)CC3)o2)cc1. The van der Waals surface area contributed by atoms with E-state index < -0.39 is 0 Å². The van der Waals surface area contributed by atoms with E-state index in [2.05, 4.69) is 29.4 Å². The highest BCUT2D eigenvalue weighted by Crippen LogP contribution is 2.28. The molecule has 2 fully saturated rings. The monoisotopic (exact) mass is 367 g/mol. The molecule has 1 aromatic heterocycles. The fraction of sp³-hybridized carbons (Fsp3) is 0.545.